The molecule has 0 spiro atoms. The van der Waals surface area contributed by atoms with Crippen molar-refractivity contribution in [1.29, 1.82) is 0 Å². The van der Waals surface area contributed by atoms with Crippen molar-refractivity contribution in [2.24, 2.45) is 0 Å². The van der Waals surface area contributed by atoms with E-state index in [-0.39, 0.29) is 11.5 Å². The highest BCUT2D eigenvalue weighted by Crippen LogP contribution is 2.31. The summed E-state index contributed by atoms with van der Waals surface area (Å²) in [5.41, 5.74) is 1.92. The molecule has 0 aliphatic rings. The lowest BCUT2D eigenvalue weighted by Gasteiger charge is -2.05. The molecule has 2 aromatic carbocycles. The van der Waals surface area contributed by atoms with Gasteiger partial charge in [0.1, 0.15) is 5.69 Å². The minimum absolute atomic E-state index is 0.0177. The SMILES string of the molecule is COc1ccc(-c2cn(-c3ccc(OC)c(O)c3)nn2)cc1O. The van der Waals surface area contributed by atoms with E-state index < -0.39 is 0 Å². The molecule has 0 fully saturated rings. The smallest absolute Gasteiger partial charge is 0.160 e. The van der Waals surface area contributed by atoms with E-state index in [1.165, 1.54) is 25.0 Å². The topological polar surface area (TPSA) is 89.6 Å². The first-order valence-corrected chi connectivity index (χ1v) is 6.79. The molecule has 1 aromatic heterocycles. The standard InChI is InChI=1S/C16H15N3O4/c1-22-15-5-3-10(7-13(15)20)12-9-19(18-17-12)11-4-6-16(23-2)14(21)8-11/h3-9,20-21H,1-2H3. The molecule has 118 valence electrons. The van der Waals surface area contributed by atoms with Gasteiger partial charge in [0.15, 0.2) is 23.0 Å². The van der Waals surface area contributed by atoms with Crippen molar-refractivity contribution in [3.63, 3.8) is 0 Å². The summed E-state index contributed by atoms with van der Waals surface area (Å²) < 4.78 is 11.5. The first-order valence-electron chi connectivity index (χ1n) is 6.79. The second-order valence-electron chi connectivity index (χ2n) is 4.79. The third-order valence-electron chi connectivity index (χ3n) is 3.39. The highest BCUT2D eigenvalue weighted by atomic mass is 16.5. The fraction of sp³-hybridized carbons (Fsp3) is 0.125. The zero-order valence-corrected chi connectivity index (χ0v) is 12.6. The average molecular weight is 313 g/mol. The van der Waals surface area contributed by atoms with Crippen LogP contribution in [0.5, 0.6) is 23.0 Å². The number of ether oxygens (including phenoxy) is 2. The van der Waals surface area contributed by atoms with Gasteiger partial charge in [0.25, 0.3) is 0 Å². The number of phenols is 2. The number of nitrogens with zero attached hydrogens (tertiary/aromatic N) is 3. The van der Waals surface area contributed by atoms with Crippen molar-refractivity contribution in [2.75, 3.05) is 14.2 Å². The number of phenolic OH excluding ortho intramolecular Hbond substituents is 2. The van der Waals surface area contributed by atoms with Crippen LogP contribution in [0.1, 0.15) is 0 Å². The normalized spacial score (nSPS) is 10.5. The van der Waals surface area contributed by atoms with E-state index in [0.717, 1.165) is 0 Å². The van der Waals surface area contributed by atoms with Crippen molar-refractivity contribution in [3.8, 4) is 39.9 Å². The van der Waals surface area contributed by atoms with Crippen LogP contribution in [-0.2, 0) is 0 Å². The second-order valence-corrected chi connectivity index (χ2v) is 4.79. The van der Waals surface area contributed by atoms with Gasteiger partial charge in [0.05, 0.1) is 26.1 Å². The van der Waals surface area contributed by atoms with Gasteiger partial charge in [-0.3, -0.25) is 0 Å². The molecule has 0 radical (unpaired) electrons. The molecule has 7 heteroatoms. The summed E-state index contributed by atoms with van der Waals surface area (Å²) in [6.45, 7) is 0. The van der Waals surface area contributed by atoms with Crippen LogP contribution in [0.15, 0.2) is 42.6 Å². The van der Waals surface area contributed by atoms with E-state index in [0.29, 0.717) is 28.4 Å². The minimum Gasteiger partial charge on any atom is -0.504 e. The van der Waals surface area contributed by atoms with Crippen molar-refractivity contribution in [1.82, 2.24) is 15.0 Å². The Labute approximate surface area is 132 Å². The van der Waals surface area contributed by atoms with Gasteiger partial charge in [-0.05, 0) is 30.3 Å². The summed E-state index contributed by atoms with van der Waals surface area (Å²) >= 11 is 0. The van der Waals surface area contributed by atoms with Crippen LogP contribution in [0, 0.1) is 0 Å². The lowest BCUT2D eigenvalue weighted by molar-refractivity contribution is 0.373. The van der Waals surface area contributed by atoms with Crippen molar-refractivity contribution >= 4 is 0 Å². The van der Waals surface area contributed by atoms with Gasteiger partial charge in [-0.15, -0.1) is 5.10 Å². The summed E-state index contributed by atoms with van der Waals surface area (Å²) in [4.78, 5) is 0. The number of hydrogen-bond acceptors (Lipinski definition) is 6. The molecule has 2 N–H and O–H groups in total. The fourth-order valence-corrected chi connectivity index (χ4v) is 2.19. The average Bonchev–Trinajstić information content (AvgIpc) is 3.04. The summed E-state index contributed by atoms with van der Waals surface area (Å²) in [5, 5.41) is 27.8. The summed E-state index contributed by atoms with van der Waals surface area (Å²) in [6, 6.07) is 9.91. The Bertz CT molecular complexity index is 777. The summed E-state index contributed by atoms with van der Waals surface area (Å²) in [6.07, 6.45) is 1.70. The minimum atomic E-state index is 0.0177. The van der Waals surface area contributed by atoms with Crippen molar-refractivity contribution < 1.29 is 19.7 Å². The van der Waals surface area contributed by atoms with E-state index in [1.54, 1.807) is 36.5 Å². The molecular formula is C16H15N3O4. The second kappa shape index (κ2) is 5.88. The van der Waals surface area contributed by atoms with Gasteiger partial charge in [-0.1, -0.05) is 5.21 Å². The van der Waals surface area contributed by atoms with E-state index in [2.05, 4.69) is 10.3 Å². The number of methoxy groups -OCH3 is 2. The van der Waals surface area contributed by atoms with Crippen LogP contribution in [0.4, 0.5) is 0 Å². The predicted molar refractivity (Wildman–Crippen MR) is 83.2 cm³/mol. The highest BCUT2D eigenvalue weighted by molar-refractivity contribution is 5.63. The van der Waals surface area contributed by atoms with Gasteiger partial charge in [0.2, 0.25) is 0 Å². The fourth-order valence-electron chi connectivity index (χ4n) is 2.19. The third kappa shape index (κ3) is 2.76. The van der Waals surface area contributed by atoms with Gasteiger partial charge >= 0.3 is 0 Å². The molecular weight excluding hydrogens is 298 g/mol. The third-order valence-corrected chi connectivity index (χ3v) is 3.39. The number of aromatic nitrogens is 3. The molecule has 7 nitrogen and oxygen atoms in total. The van der Waals surface area contributed by atoms with Gasteiger partial charge in [0, 0.05) is 11.6 Å². The molecule has 0 bridgehead atoms. The highest BCUT2D eigenvalue weighted by Gasteiger charge is 2.10. The molecule has 0 aliphatic carbocycles. The molecule has 0 saturated heterocycles. The summed E-state index contributed by atoms with van der Waals surface area (Å²) in [7, 11) is 2.97. The Balaban J connectivity index is 1.94. The van der Waals surface area contributed by atoms with Crippen LogP contribution in [0.3, 0.4) is 0 Å². The number of hydrogen-bond donors (Lipinski definition) is 2. The maximum absolute atomic E-state index is 9.84. The van der Waals surface area contributed by atoms with Crippen LogP contribution in [0.2, 0.25) is 0 Å². The first kappa shape index (κ1) is 14.7. The Hall–Kier alpha value is -3.22. The molecule has 0 saturated carbocycles. The number of rotatable bonds is 4. The van der Waals surface area contributed by atoms with E-state index in [9.17, 15) is 10.2 Å². The molecule has 0 aliphatic heterocycles. The quantitative estimate of drug-likeness (QED) is 0.768. The molecule has 1 heterocycles. The largest absolute Gasteiger partial charge is 0.504 e. The van der Waals surface area contributed by atoms with Crippen LogP contribution in [-0.4, -0.2) is 39.4 Å². The van der Waals surface area contributed by atoms with Gasteiger partial charge in [-0.25, -0.2) is 4.68 Å². The molecule has 3 aromatic rings. The first-order chi connectivity index (χ1) is 11.1. The zero-order chi connectivity index (χ0) is 16.4. The van der Waals surface area contributed by atoms with Crippen LogP contribution < -0.4 is 9.47 Å². The Kier molecular flexibility index (Phi) is 3.76. The maximum Gasteiger partial charge on any atom is 0.160 e. The van der Waals surface area contributed by atoms with E-state index in [1.807, 2.05) is 0 Å². The van der Waals surface area contributed by atoms with Crippen LogP contribution >= 0.6 is 0 Å². The molecule has 0 unspecified atom stereocenters. The summed E-state index contributed by atoms with van der Waals surface area (Å²) in [5.74, 6) is 0.821. The Morgan fingerprint density at radius 1 is 0.913 bits per heavy atom. The molecule has 23 heavy (non-hydrogen) atoms. The van der Waals surface area contributed by atoms with Crippen LogP contribution in [0.25, 0.3) is 16.9 Å². The van der Waals surface area contributed by atoms with Gasteiger partial charge < -0.3 is 19.7 Å². The Morgan fingerprint density at radius 2 is 1.57 bits per heavy atom. The van der Waals surface area contributed by atoms with E-state index >= 15 is 0 Å². The number of aromatic hydroxyl groups is 2. The Morgan fingerprint density at radius 3 is 2.17 bits per heavy atom. The van der Waals surface area contributed by atoms with Crippen molar-refractivity contribution in [3.05, 3.63) is 42.6 Å². The monoisotopic (exact) mass is 313 g/mol. The lowest BCUT2D eigenvalue weighted by atomic mass is 10.1. The molecule has 0 atom stereocenters. The molecule has 0 amide bonds. The maximum atomic E-state index is 9.84. The zero-order valence-electron chi connectivity index (χ0n) is 12.6. The van der Waals surface area contributed by atoms with E-state index in [4.69, 9.17) is 9.47 Å². The van der Waals surface area contributed by atoms with Gasteiger partial charge in [-0.2, -0.15) is 0 Å². The van der Waals surface area contributed by atoms with Crippen molar-refractivity contribution in [2.45, 2.75) is 0 Å². The molecule has 3 rings (SSSR count). The number of benzene rings is 2. The predicted octanol–water partition coefficient (Wildman–Crippen LogP) is 2.36. The lowest BCUT2D eigenvalue weighted by Crippen LogP contribution is -1.95.